The second-order valence-corrected chi connectivity index (χ2v) is 6.17. The third-order valence-corrected chi connectivity index (χ3v) is 5.51. The molecule has 2 fully saturated rings. The molecule has 0 aromatic rings. The van der Waals surface area contributed by atoms with Crippen molar-refractivity contribution in [2.75, 3.05) is 13.2 Å². The molecule has 5 nitrogen and oxygen atoms in total. The summed E-state index contributed by atoms with van der Waals surface area (Å²) in [6.45, 7) is 9.13. The average Bonchev–Trinajstić information content (AvgIpc) is 3.02. The standard InChI is InChI=1S/C16H28N2O3/c1-5-15(6-2)14(20)18(12-9-10-21-11-12)16(7-3,8-4)13(19)17-15/h12H,5-11H2,1-4H3,(H,17,19). The van der Waals surface area contributed by atoms with Crippen molar-refractivity contribution >= 4 is 11.8 Å². The predicted molar refractivity (Wildman–Crippen MR) is 80.8 cm³/mol. The number of nitrogens with one attached hydrogen (secondary N) is 1. The van der Waals surface area contributed by atoms with Crippen LogP contribution in [0.15, 0.2) is 0 Å². The molecule has 2 rings (SSSR count). The van der Waals surface area contributed by atoms with Crippen molar-refractivity contribution in [3.8, 4) is 0 Å². The summed E-state index contributed by atoms with van der Waals surface area (Å²) < 4.78 is 5.49. The number of hydrogen-bond acceptors (Lipinski definition) is 3. The first-order valence-corrected chi connectivity index (χ1v) is 8.25. The van der Waals surface area contributed by atoms with Crippen molar-refractivity contribution in [1.82, 2.24) is 10.2 Å². The van der Waals surface area contributed by atoms with Crippen LogP contribution >= 0.6 is 0 Å². The van der Waals surface area contributed by atoms with Gasteiger partial charge in [-0.25, -0.2) is 0 Å². The Morgan fingerprint density at radius 1 is 1.14 bits per heavy atom. The van der Waals surface area contributed by atoms with Crippen LogP contribution in [0.5, 0.6) is 0 Å². The largest absolute Gasteiger partial charge is 0.379 e. The van der Waals surface area contributed by atoms with Gasteiger partial charge in [0.05, 0.1) is 12.6 Å². The molecule has 2 heterocycles. The zero-order valence-electron chi connectivity index (χ0n) is 13.7. The molecule has 0 radical (unpaired) electrons. The van der Waals surface area contributed by atoms with E-state index in [1.165, 1.54) is 0 Å². The van der Waals surface area contributed by atoms with Gasteiger partial charge in [-0.15, -0.1) is 0 Å². The van der Waals surface area contributed by atoms with Gasteiger partial charge >= 0.3 is 0 Å². The Labute approximate surface area is 127 Å². The number of carbonyl (C=O) groups excluding carboxylic acids is 2. The van der Waals surface area contributed by atoms with Gasteiger partial charge in [-0.1, -0.05) is 27.7 Å². The van der Waals surface area contributed by atoms with Gasteiger partial charge in [-0.05, 0) is 32.1 Å². The van der Waals surface area contributed by atoms with Crippen LogP contribution in [0.25, 0.3) is 0 Å². The van der Waals surface area contributed by atoms with E-state index in [1.54, 1.807) is 0 Å². The Morgan fingerprint density at radius 2 is 1.76 bits per heavy atom. The lowest BCUT2D eigenvalue weighted by molar-refractivity contribution is -0.168. The molecule has 0 spiro atoms. The molecular formula is C16H28N2O3. The summed E-state index contributed by atoms with van der Waals surface area (Å²) in [6, 6.07) is 0.0286. The minimum atomic E-state index is -0.743. The van der Waals surface area contributed by atoms with Crippen LogP contribution in [0, 0.1) is 0 Å². The highest BCUT2D eigenvalue weighted by molar-refractivity contribution is 6.02. The molecule has 5 heteroatoms. The van der Waals surface area contributed by atoms with Gasteiger partial charge in [0, 0.05) is 6.61 Å². The first-order chi connectivity index (χ1) is 10.0. The molecule has 1 atom stereocenters. The van der Waals surface area contributed by atoms with Crippen molar-refractivity contribution in [2.24, 2.45) is 0 Å². The Hall–Kier alpha value is -1.10. The quantitative estimate of drug-likeness (QED) is 0.842. The van der Waals surface area contributed by atoms with Crippen LogP contribution in [0.3, 0.4) is 0 Å². The normalized spacial score (nSPS) is 27.8. The fraction of sp³-hybridized carbons (Fsp3) is 0.875. The SMILES string of the molecule is CCC1(CC)NC(=O)C(CC)(CC)N(C2CCOC2)C1=O. The van der Waals surface area contributed by atoms with Crippen molar-refractivity contribution in [3.05, 3.63) is 0 Å². The summed E-state index contributed by atoms with van der Waals surface area (Å²) in [5, 5.41) is 3.05. The molecule has 0 saturated carbocycles. The lowest BCUT2D eigenvalue weighted by Gasteiger charge is -2.54. The summed E-state index contributed by atoms with van der Waals surface area (Å²) in [4.78, 5) is 28.0. The van der Waals surface area contributed by atoms with Crippen LogP contribution < -0.4 is 5.32 Å². The average molecular weight is 296 g/mol. The van der Waals surface area contributed by atoms with Gasteiger partial charge in [-0.3, -0.25) is 9.59 Å². The van der Waals surface area contributed by atoms with E-state index < -0.39 is 11.1 Å². The van der Waals surface area contributed by atoms with Gasteiger partial charge in [0.15, 0.2) is 0 Å². The zero-order valence-corrected chi connectivity index (χ0v) is 13.7. The number of carbonyl (C=O) groups is 2. The lowest BCUT2D eigenvalue weighted by atomic mass is 9.78. The molecule has 120 valence electrons. The van der Waals surface area contributed by atoms with E-state index in [9.17, 15) is 9.59 Å². The topological polar surface area (TPSA) is 58.6 Å². The molecule has 0 aromatic carbocycles. The third kappa shape index (κ3) is 2.26. The Morgan fingerprint density at radius 3 is 2.19 bits per heavy atom. The smallest absolute Gasteiger partial charge is 0.249 e. The van der Waals surface area contributed by atoms with E-state index in [1.807, 2.05) is 32.6 Å². The summed E-state index contributed by atoms with van der Waals surface area (Å²) in [7, 11) is 0. The maximum absolute atomic E-state index is 13.2. The van der Waals surface area contributed by atoms with Crippen molar-refractivity contribution in [2.45, 2.75) is 76.9 Å². The summed E-state index contributed by atoms with van der Waals surface area (Å²) in [6.07, 6.45) is 3.36. The first kappa shape index (κ1) is 16.3. The maximum Gasteiger partial charge on any atom is 0.249 e. The number of hydrogen-bond donors (Lipinski definition) is 1. The molecule has 21 heavy (non-hydrogen) atoms. The van der Waals surface area contributed by atoms with E-state index in [-0.39, 0.29) is 17.9 Å². The predicted octanol–water partition coefficient (Wildman–Crippen LogP) is 1.85. The van der Waals surface area contributed by atoms with E-state index >= 15 is 0 Å². The van der Waals surface area contributed by atoms with Crippen LogP contribution in [0.1, 0.15) is 59.8 Å². The maximum atomic E-state index is 13.2. The Kier molecular flexibility index (Phi) is 4.61. The van der Waals surface area contributed by atoms with Crippen LogP contribution in [0.2, 0.25) is 0 Å². The number of ether oxygens (including phenoxy) is 1. The third-order valence-electron chi connectivity index (χ3n) is 5.51. The van der Waals surface area contributed by atoms with E-state index in [0.29, 0.717) is 38.9 Å². The Bertz CT molecular complexity index is 408. The zero-order chi connectivity index (χ0) is 15.7. The monoisotopic (exact) mass is 296 g/mol. The number of piperazine rings is 1. The highest BCUT2D eigenvalue weighted by Crippen LogP contribution is 2.38. The second-order valence-electron chi connectivity index (χ2n) is 6.17. The molecule has 2 amide bonds. The fourth-order valence-electron chi connectivity index (χ4n) is 3.80. The molecular weight excluding hydrogens is 268 g/mol. The summed E-state index contributed by atoms with van der Waals surface area (Å²) >= 11 is 0. The molecule has 2 saturated heterocycles. The number of amides is 2. The fourth-order valence-corrected chi connectivity index (χ4v) is 3.80. The molecule has 0 aromatic heterocycles. The van der Waals surface area contributed by atoms with Gasteiger partial charge in [0.25, 0.3) is 0 Å². The molecule has 2 aliphatic heterocycles. The Balaban J connectivity index is 2.48. The highest BCUT2D eigenvalue weighted by atomic mass is 16.5. The van der Waals surface area contributed by atoms with Crippen LogP contribution in [-0.2, 0) is 14.3 Å². The molecule has 1 N–H and O–H groups in total. The van der Waals surface area contributed by atoms with E-state index in [4.69, 9.17) is 4.74 Å². The minimum Gasteiger partial charge on any atom is -0.379 e. The minimum absolute atomic E-state index is 0.00250. The second kappa shape index (κ2) is 5.95. The first-order valence-electron chi connectivity index (χ1n) is 8.25. The lowest BCUT2D eigenvalue weighted by Crippen LogP contribution is -2.77. The van der Waals surface area contributed by atoms with Gasteiger partial charge in [0.1, 0.15) is 11.1 Å². The van der Waals surface area contributed by atoms with Crippen LogP contribution in [-0.4, -0.2) is 47.0 Å². The molecule has 2 aliphatic rings. The molecule has 0 bridgehead atoms. The molecule has 1 unspecified atom stereocenters. The number of rotatable bonds is 5. The van der Waals surface area contributed by atoms with Gasteiger partial charge in [0.2, 0.25) is 11.8 Å². The van der Waals surface area contributed by atoms with E-state index in [0.717, 1.165) is 6.42 Å². The van der Waals surface area contributed by atoms with Crippen LogP contribution in [0.4, 0.5) is 0 Å². The summed E-state index contributed by atoms with van der Waals surface area (Å²) in [5.74, 6) is 0.0778. The summed E-state index contributed by atoms with van der Waals surface area (Å²) in [5.41, 5.74) is -1.46. The van der Waals surface area contributed by atoms with Crippen molar-refractivity contribution in [3.63, 3.8) is 0 Å². The molecule has 0 aliphatic carbocycles. The van der Waals surface area contributed by atoms with Gasteiger partial charge < -0.3 is 15.0 Å². The van der Waals surface area contributed by atoms with E-state index in [2.05, 4.69) is 5.32 Å². The van der Waals surface area contributed by atoms with Crippen molar-refractivity contribution in [1.29, 1.82) is 0 Å². The van der Waals surface area contributed by atoms with Crippen molar-refractivity contribution < 1.29 is 14.3 Å². The highest BCUT2D eigenvalue weighted by Gasteiger charge is 2.57. The number of nitrogens with zero attached hydrogens (tertiary/aromatic N) is 1. The van der Waals surface area contributed by atoms with Gasteiger partial charge in [-0.2, -0.15) is 0 Å².